The molecule has 150 valence electrons. The van der Waals surface area contributed by atoms with Crippen LogP contribution in [0, 0.1) is 5.82 Å². The van der Waals surface area contributed by atoms with Crippen molar-refractivity contribution in [1.29, 1.82) is 0 Å². The number of piperidine rings is 1. The van der Waals surface area contributed by atoms with Crippen molar-refractivity contribution in [2.75, 3.05) is 13.1 Å². The minimum atomic E-state index is -0.307. The van der Waals surface area contributed by atoms with Gasteiger partial charge >= 0.3 is 0 Å². The molecule has 2 atom stereocenters. The zero-order valence-electron chi connectivity index (χ0n) is 16.4. The molecule has 0 aliphatic carbocycles. The third-order valence-electron chi connectivity index (χ3n) is 5.52. The SMILES string of the molecule is CCC(C(=O)N1CCCC(c2nnc(-c3ccc(F)cc3)o2)C1)c1ccccc1. The highest BCUT2D eigenvalue weighted by Gasteiger charge is 2.31. The minimum Gasteiger partial charge on any atom is -0.420 e. The van der Waals surface area contributed by atoms with Gasteiger partial charge in [0.05, 0.1) is 11.8 Å². The van der Waals surface area contributed by atoms with Gasteiger partial charge in [-0.2, -0.15) is 0 Å². The third-order valence-corrected chi connectivity index (χ3v) is 5.52. The van der Waals surface area contributed by atoms with E-state index < -0.39 is 0 Å². The quantitative estimate of drug-likeness (QED) is 0.626. The molecule has 1 amide bonds. The van der Waals surface area contributed by atoms with Crippen LogP contribution in [0.2, 0.25) is 0 Å². The van der Waals surface area contributed by atoms with Gasteiger partial charge in [0.25, 0.3) is 0 Å². The van der Waals surface area contributed by atoms with Gasteiger partial charge in [0, 0.05) is 18.7 Å². The van der Waals surface area contributed by atoms with E-state index in [0.717, 1.165) is 31.4 Å². The van der Waals surface area contributed by atoms with E-state index in [4.69, 9.17) is 4.42 Å². The summed E-state index contributed by atoms with van der Waals surface area (Å²) < 4.78 is 19.0. The monoisotopic (exact) mass is 393 g/mol. The van der Waals surface area contributed by atoms with Crippen molar-refractivity contribution in [3.63, 3.8) is 0 Å². The lowest BCUT2D eigenvalue weighted by atomic mass is 9.92. The molecule has 29 heavy (non-hydrogen) atoms. The van der Waals surface area contributed by atoms with Crippen molar-refractivity contribution in [3.05, 3.63) is 71.9 Å². The van der Waals surface area contributed by atoms with Gasteiger partial charge in [-0.3, -0.25) is 4.79 Å². The largest absolute Gasteiger partial charge is 0.420 e. The molecule has 4 rings (SSSR count). The van der Waals surface area contributed by atoms with Crippen LogP contribution in [-0.4, -0.2) is 34.1 Å². The Morgan fingerprint density at radius 3 is 2.66 bits per heavy atom. The van der Waals surface area contributed by atoms with E-state index in [1.54, 1.807) is 12.1 Å². The lowest BCUT2D eigenvalue weighted by molar-refractivity contribution is -0.134. The maximum Gasteiger partial charge on any atom is 0.247 e. The molecule has 6 heteroatoms. The second-order valence-electron chi connectivity index (χ2n) is 7.45. The van der Waals surface area contributed by atoms with Crippen LogP contribution in [0.4, 0.5) is 4.39 Å². The first-order chi connectivity index (χ1) is 14.2. The smallest absolute Gasteiger partial charge is 0.247 e. The standard InChI is InChI=1S/C23H24FN3O2/c1-2-20(16-7-4-3-5-8-16)23(28)27-14-6-9-18(15-27)22-26-25-21(29-22)17-10-12-19(24)13-11-17/h3-5,7-8,10-13,18,20H,2,6,9,14-15H2,1H3. The minimum absolute atomic E-state index is 0.0164. The van der Waals surface area contributed by atoms with Crippen molar-refractivity contribution in [2.45, 2.75) is 38.0 Å². The first kappa shape index (κ1) is 19.3. The second-order valence-corrected chi connectivity index (χ2v) is 7.45. The van der Waals surface area contributed by atoms with Crippen LogP contribution in [-0.2, 0) is 4.79 Å². The van der Waals surface area contributed by atoms with E-state index in [2.05, 4.69) is 10.2 Å². The van der Waals surface area contributed by atoms with E-state index in [-0.39, 0.29) is 23.6 Å². The highest BCUT2D eigenvalue weighted by atomic mass is 19.1. The predicted octanol–water partition coefficient (Wildman–Crippen LogP) is 4.78. The van der Waals surface area contributed by atoms with Crippen LogP contribution < -0.4 is 0 Å². The molecule has 0 saturated carbocycles. The molecule has 0 spiro atoms. The summed E-state index contributed by atoms with van der Waals surface area (Å²) in [6, 6.07) is 15.9. The summed E-state index contributed by atoms with van der Waals surface area (Å²) in [6.07, 6.45) is 2.56. The topological polar surface area (TPSA) is 59.2 Å². The summed E-state index contributed by atoms with van der Waals surface area (Å²) in [5.41, 5.74) is 1.74. The van der Waals surface area contributed by atoms with Gasteiger partial charge in [-0.25, -0.2) is 4.39 Å². The van der Waals surface area contributed by atoms with Gasteiger partial charge in [-0.15, -0.1) is 10.2 Å². The summed E-state index contributed by atoms with van der Waals surface area (Å²) in [7, 11) is 0. The molecule has 5 nitrogen and oxygen atoms in total. The van der Waals surface area contributed by atoms with E-state index in [0.29, 0.717) is 23.9 Å². The first-order valence-electron chi connectivity index (χ1n) is 10.1. The highest BCUT2D eigenvalue weighted by Crippen LogP contribution is 2.31. The highest BCUT2D eigenvalue weighted by molar-refractivity contribution is 5.83. The second kappa shape index (κ2) is 8.55. The van der Waals surface area contributed by atoms with Gasteiger partial charge < -0.3 is 9.32 Å². The number of benzene rings is 2. The Bertz CT molecular complexity index is 956. The summed E-state index contributed by atoms with van der Waals surface area (Å²) in [5, 5.41) is 8.32. The van der Waals surface area contributed by atoms with Crippen molar-refractivity contribution in [2.24, 2.45) is 0 Å². The fourth-order valence-electron chi connectivity index (χ4n) is 3.95. The number of nitrogens with zero attached hydrogens (tertiary/aromatic N) is 3. The summed E-state index contributed by atoms with van der Waals surface area (Å²) in [6.45, 7) is 3.37. The molecule has 2 unspecified atom stereocenters. The fraction of sp³-hybridized carbons (Fsp3) is 0.348. The normalized spacial score (nSPS) is 17.9. The maximum absolute atomic E-state index is 13.2. The zero-order chi connectivity index (χ0) is 20.2. The lowest BCUT2D eigenvalue weighted by Crippen LogP contribution is -2.41. The van der Waals surface area contributed by atoms with Crippen LogP contribution in [0.3, 0.4) is 0 Å². The van der Waals surface area contributed by atoms with Gasteiger partial charge in [-0.1, -0.05) is 37.3 Å². The number of hydrogen-bond acceptors (Lipinski definition) is 4. The molecule has 0 bridgehead atoms. The Balaban J connectivity index is 1.48. The average molecular weight is 393 g/mol. The van der Waals surface area contributed by atoms with Crippen LogP contribution >= 0.6 is 0 Å². The molecular formula is C23H24FN3O2. The summed E-state index contributed by atoms with van der Waals surface area (Å²) >= 11 is 0. The number of carbonyl (C=O) groups excluding carboxylic acids is 1. The predicted molar refractivity (Wildman–Crippen MR) is 108 cm³/mol. The summed E-state index contributed by atoms with van der Waals surface area (Å²) in [5.74, 6) is 0.643. The van der Waals surface area contributed by atoms with Crippen LogP contribution in [0.5, 0.6) is 0 Å². The molecule has 1 aliphatic rings. The van der Waals surface area contributed by atoms with Gasteiger partial charge in [0.15, 0.2) is 0 Å². The van der Waals surface area contributed by atoms with E-state index in [1.165, 1.54) is 12.1 Å². The van der Waals surface area contributed by atoms with Gasteiger partial charge in [0.2, 0.25) is 17.7 Å². The number of halogens is 1. The molecule has 0 N–H and O–H groups in total. The van der Waals surface area contributed by atoms with Crippen LogP contribution in [0.15, 0.2) is 59.0 Å². The third kappa shape index (κ3) is 4.21. The average Bonchev–Trinajstić information content (AvgIpc) is 3.26. The van der Waals surface area contributed by atoms with E-state index >= 15 is 0 Å². The number of likely N-dealkylation sites (tertiary alicyclic amines) is 1. The maximum atomic E-state index is 13.2. The number of rotatable bonds is 5. The van der Waals surface area contributed by atoms with Crippen molar-refractivity contribution < 1.29 is 13.6 Å². The Morgan fingerprint density at radius 2 is 1.93 bits per heavy atom. The molecular weight excluding hydrogens is 369 g/mol. The molecule has 1 aromatic heterocycles. The Hall–Kier alpha value is -3.02. The van der Waals surface area contributed by atoms with Crippen molar-refractivity contribution >= 4 is 5.91 Å². The molecule has 1 fully saturated rings. The van der Waals surface area contributed by atoms with E-state index in [9.17, 15) is 9.18 Å². The summed E-state index contributed by atoms with van der Waals surface area (Å²) in [4.78, 5) is 15.1. The molecule has 2 aromatic carbocycles. The van der Waals surface area contributed by atoms with Gasteiger partial charge in [0.1, 0.15) is 5.82 Å². The number of hydrogen-bond donors (Lipinski definition) is 0. The molecule has 1 saturated heterocycles. The van der Waals surface area contributed by atoms with Gasteiger partial charge in [-0.05, 0) is 49.1 Å². The number of amides is 1. The molecule has 0 radical (unpaired) electrons. The number of carbonyl (C=O) groups is 1. The van der Waals surface area contributed by atoms with Crippen molar-refractivity contribution in [3.8, 4) is 11.5 Å². The molecule has 2 heterocycles. The van der Waals surface area contributed by atoms with E-state index in [1.807, 2.05) is 42.2 Å². The number of aromatic nitrogens is 2. The van der Waals surface area contributed by atoms with Crippen LogP contribution in [0.1, 0.15) is 49.5 Å². The Morgan fingerprint density at radius 1 is 1.17 bits per heavy atom. The van der Waals surface area contributed by atoms with Crippen molar-refractivity contribution in [1.82, 2.24) is 15.1 Å². The Kier molecular flexibility index (Phi) is 5.69. The lowest BCUT2D eigenvalue weighted by Gasteiger charge is -2.33. The molecule has 1 aliphatic heterocycles. The first-order valence-corrected chi connectivity index (χ1v) is 10.1. The molecule has 3 aromatic rings. The fourth-order valence-corrected chi connectivity index (χ4v) is 3.95. The Labute approximate surface area is 169 Å². The van der Waals surface area contributed by atoms with Crippen LogP contribution in [0.25, 0.3) is 11.5 Å². The zero-order valence-corrected chi connectivity index (χ0v) is 16.4.